The summed E-state index contributed by atoms with van der Waals surface area (Å²) < 4.78 is 15.1. The normalized spacial score (nSPS) is 12.6. The summed E-state index contributed by atoms with van der Waals surface area (Å²) in [6.45, 7) is 4.83. The number of aryl methyl sites for hydroxylation is 2. The maximum atomic E-state index is 13.2. The molecule has 0 aliphatic heterocycles. The molecule has 1 aromatic heterocycles. The Morgan fingerprint density at radius 2 is 2.10 bits per heavy atom. The number of hydrogen-bond acceptors (Lipinski definition) is 2. The molecule has 0 fully saturated rings. The molecule has 114 valence electrons. The molecule has 2 rings (SSSR count). The van der Waals surface area contributed by atoms with Crippen LogP contribution >= 0.6 is 11.6 Å². The topological polar surface area (TPSA) is 43.8 Å². The number of nitrogens with zero attached hydrogens (tertiary/aromatic N) is 2. The molecule has 0 saturated heterocycles. The smallest absolute Gasteiger partial charge is 0.123 e. The van der Waals surface area contributed by atoms with Crippen LogP contribution in [0.15, 0.2) is 24.3 Å². The van der Waals surface area contributed by atoms with Crippen molar-refractivity contribution in [1.82, 2.24) is 9.78 Å². The molecule has 0 bridgehead atoms. The van der Waals surface area contributed by atoms with Crippen LogP contribution in [0, 0.1) is 5.82 Å². The predicted octanol–water partition coefficient (Wildman–Crippen LogP) is 3.37. The minimum Gasteiger partial charge on any atom is -0.327 e. The molecule has 1 unspecified atom stereocenters. The highest BCUT2D eigenvalue weighted by atomic mass is 35.5. The lowest BCUT2D eigenvalue weighted by molar-refractivity contribution is 0.571. The van der Waals surface area contributed by atoms with Gasteiger partial charge in [-0.2, -0.15) is 5.10 Å². The van der Waals surface area contributed by atoms with Gasteiger partial charge in [-0.05, 0) is 37.5 Å². The van der Waals surface area contributed by atoms with Gasteiger partial charge >= 0.3 is 0 Å². The van der Waals surface area contributed by atoms with Crippen LogP contribution in [0.25, 0.3) is 0 Å². The number of rotatable bonds is 6. The largest absolute Gasteiger partial charge is 0.327 e. The van der Waals surface area contributed by atoms with Crippen LogP contribution in [0.3, 0.4) is 0 Å². The van der Waals surface area contributed by atoms with Crippen LogP contribution < -0.4 is 5.73 Å². The van der Waals surface area contributed by atoms with Crippen molar-refractivity contribution >= 4 is 11.6 Å². The van der Waals surface area contributed by atoms with Gasteiger partial charge in [-0.15, -0.1) is 0 Å². The number of benzene rings is 1. The van der Waals surface area contributed by atoms with Crippen LogP contribution in [-0.2, 0) is 25.8 Å². The van der Waals surface area contributed by atoms with Gasteiger partial charge in [0.05, 0.1) is 16.4 Å². The summed E-state index contributed by atoms with van der Waals surface area (Å²) in [4.78, 5) is 0. The van der Waals surface area contributed by atoms with Crippen molar-refractivity contribution in [3.8, 4) is 0 Å². The summed E-state index contributed by atoms with van der Waals surface area (Å²) in [6.07, 6.45) is 2.05. The molecule has 0 aliphatic carbocycles. The van der Waals surface area contributed by atoms with Crippen LogP contribution in [0.5, 0.6) is 0 Å². The Morgan fingerprint density at radius 1 is 1.33 bits per heavy atom. The summed E-state index contributed by atoms with van der Waals surface area (Å²) in [6, 6.07) is 6.44. The predicted molar refractivity (Wildman–Crippen MR) is 84.1 cm³/mol. The van der Waals surface area contributed by atoms with Gasteiger partial charge in [0.2, 0.25) is 0 Å². The summed E-state index contributed by atoms with van der Waals surface area (Å²) >= 11 is 6.38. The molecular formula is C16H21ClFN3. The van der Waals surface area contributed by atoms with E-state index in [0.29, 0.717) is 17.9 Å². The van der Waals surface area contributed by atoms with E-state index in [2.05, 4.69) is 5.10 Å². The van der Waals surface area contributed by atoms with Gasteiger partial charge in [0, 0.05) is 19.0 Å². The molecule has 0 amide bonds. The van der Waals surface area contributed by atoms with Gasteiger partial charge < -0.3 is 5.73 Å². The van der Waals surface area contributed by atoms with Crippen LogP contribution in [0.1, 0.15) is 30.8 Å². The Bertz CT molecular complexity index is 610. The third kappa shape index (κ3) is 3.83. The lowest BCUT2D eigenvalue weighted by Crippen LogP contribution is -2.27. The molecule has 0 aliphatic rings. The highest BCUT2D eigenvalue weighted by Gasteiger charge is 2.17. The number of halogens is 2. The second-order valence-electron chi connectivity index (χ2n) is 5.17. The fourth-order valence-electron chi connectivity index (χ4n) is 2.50. The van der Waals surface area contributed by atoms with Crippen molar-refractivity contribution in [1.29, 1.82) is 0 Å². The van der Waals surface area contributed by atoms with Crippen molar-refractivity contribution in [3.05, 3.63) is 52.1 Å². The molecule has 0 saturated carbocycles. The fourth-order valence-corrected chi connectivity index (χ4v) is 2.85. The highest BCUT2D eigenvalue weighted by molar-refractivity contribution is 6.31. The molecule has 2 aromatic rings. The zero-order valence-corrected chi connectivity index (χ0v) is 13.2. The zero-order valence-electron chi connectivity index (χ0n) is 12.4. The van der Waals surface area contributed by atoms with Crippen LogP contribution in [-0.4, -0.2) is 15.8 Å². The molecule has 1 aromatic carbocycles. The van der Waals surface area contributed by atoms with E-state index in [1.54, 1.807) is 6.07 Å². The Kier molecular flexibility index (Phi) is 5.37. The first-order valence-electron chi connectivity index (χ1n) is 7.29. The maximum Gasteiger partial charge on any atom is 0.123 e. The molecule has 21 heavy (non-hydrogen) atoms. The molecule has 0 spiro atoms. The van der Waals surface area contributed by atoms with Crippen molar-refractivity contribution < 1.29 is 4.39 Å². The van der Waals surface area contributed by atoms with Crippen molar-refractivity contribution in [3.63, 3.8) is 0 Å². The Labute approximate surface area is 129 Å². The quantitative estimate of drug-likeness (QED) is 0.889. The van der Waals surface area contributed by atoms with Gasteiger partial charge in [0.1, 0.15) is 5.82 Å². The number of nitrogens with two attached hydrogens (primary N) is 1. The first-order valence-corrected chi connectivity index (χ1v) is 7.67. The number of aromatic nitrogens is 2. The maximum absolute atomic E-state index is 13.2. The first kappa shape index (κ1) is 16.0. The zero-order chi connectivity index (χ0) is 15.4. The first-order chi connectivity index (χ1) is 10.0. The lowest BCUT2D eigenvalue weighted by Gasteiger charge is -2.13. The van der Waals surface area contributed by atoms with E-state index in [9.17, 15) is 4.39 Å². The minimum absolute atomic E-state index is 0.115. The molecule has 3 nitrogen and oxygen atoms in total. The van der Waals surface area contributed by atoms with E-state index in [0.717, 1.165) is 29.9 Å². The van der Waals surface area contributed by atoms with Crippen molar-refractivity contribution in [2.75, 3.05) is 0 Å². The van der Waals surface area contributed by atoms with E-state index in [-0.39, 0.29) is 11.9 Å². The van der Waals surface area contributed by atoms with Gasteiger partial charge in [0.25, 0.3) is 0 Å². The van der Waals surface area contributed by atoms with Gasteiger partial charge in [0.15, 0.2) is 0 Å². The van der Waals surface area contributed by atoms with E-state index in [1.807, 2.05) is 24.6 Å². The third-order valence-corrected chi connectivity index (χ3v) is 3.97. The van der Waals surface area contributed by atoms with Crippen molar-refractivity contribution in [2.24, 2.45) is 5.73 Å². The Balaban J connectivity index is 2.12. The summed E-state index contributed by atoms with van der Waals surface area (Å²) in [5.41, 5.74) is 8.99. The fraction of sp³-hybridized carbons (Fsp3) is 0.438. The summed E-state index contributed by atoms with van der Waals surface area (Å²) in [7, 11) is 0. The van der Waals surface area contributed by atoms with Crippen LogP contribution in [0.2, 0.25) is 5.02 Å². The highest BCUT2D eigenvalue weighted by Crippen LogP contribution is 2.23. The van der Waals surface area contributed by atoms with Crippen molar-refractivity contribution in [2.45, 2.75) is 45.7 Å². The standard InChI is InChI=1S/C16H21ClFN3/c1-3-14-16(17)15(21(4-2)20-14)10-13(19)9-11-6-5-7-12(18)8-11/h5-8,13H,3-4,9-10,19H2,1-2H3. The lowest BCUT2D eigenvalue weighted by atomic mass is 10.0. The second kappa shape index (κ2) is 7.05. The summed E-state index contributed by atoms with van der Waals surface area (Å²) in [5.74, 6) is -0.232. The second-order valence-corrected chi connectivity index (χ2v) is 5.55. The Hall–Kier alpha value is -1.39. The Morgan fingerprint density at radius 3 is 2.71 bits per heavy atom. The average molecular weight is 310 g/mol. The molecule has 5 heteroatoms. The van der Waals surface area contributed by atoms with E-state index < -0.39 is 0 Å². The van der Waals surface area contributed by atoms with Crippen LogP contribution in [0.4, 0.5) is 4.39 Å². The third-order valence-electron chi connectivity index (χ3n) is 3.54. The van der Waals surface area contributed by atoms with Gasteiger partial charge in [-0.1, -0.05) is 30.7 Å². The summed E-state index contributed by atoms with van der Waals surface area (Å²) in [5, 5.41) is 5.21. The van der Waals surface area contributed by atoms with E-state index in [1.165, 1.54) is 12.1 Å². The van der Waals surface area contributed by atoms with Gasteiger partial charge in [-0.25, -0.2) is 4.39 Å². The molecule has 1 heterocycles. The SMILES string of the molecule is CCc1nn(CC)c(CC(N)Cc2cccc(F)c2)c1Cl. The molecule has 1 atom stereocenters. The average Bonchev–Trinajstić information content (AvgIpc) is 2.75. The molecular weight excluding hydrogens is 289 g/mol. The monoisotopic (exact) mass is 309 g/mol. The molecule has 2 N–H and O–H groups in total. The minimum atomic E-state index is -0.232. The molecule has 0 radical (unpaired) electrons. The van der Waals surface area contributed by atoms with Gasteiger partial charge in [-0.3, -0.25) is 4.68 Å². The van der Waals surface area contributed by atoms with E-state index >= 15 is 0 Å². The number of hydrogen-bond donors (Lipinski definition) is 1. The van der Waals surface area contributed by atoms with E-state index in [4.69, 9.17) is 17.3 Å².